The fraction of sp³-hybridized carbons (Fsp3) is 0.605. The van der Waals surface area contributed by atoms with Crippen LogP contribution in [-0.2, 0) is 22.4 Å². The normalized spacial score (nSPS) is 20.2. The molecular formula is C38H56N6O4. The third-order valence-corrected chi connectivity index (χ3v) is 10.8. The number of nitrogens with zero attached hydrogens (tertiary/aromatic N) is 4. The van der Waals surface area contributed by atoms with E-state index >= 15 is 0 Å². The summed E-state index contributed by atoms with van der Waals surface area (Å²) in [4.78, 5) is 45.3. The topological polar surface area (TPSA) is 111 Å². The molecule has 0 saturated carbocycles. The maximum Gasteiger partial charge on any atom is 0.409 e. The van der Waals surface area contributed by atoms with E-state index in [1.165, 1.54) is 50.6 Å². The van der Waals surface area contributed by atoms with Crippen LogP contribution in [0.3, 0.4) is 0 Å². The number of rotatable bonds is 5. The third-order valence-electron chi connectivity index (χ3n) is 10.8. The average Bonchev–Trinajstić information content (AvgIpc) is 3.28. The minimum absolute atomic E-state index is 0.0314. The van der Waals surface area contributed by atoms with Gasteiger partial charge in [0.2, 0.25) is 5.91 Å². The molecule has 10 nitrogen and oxygen atoms in total. The molecule has 0 radical (unpaired) electrons. The molecule has 4 amide bonds. The predicted octanol–water partition coefficient (Wildman–Crippen LogP) is 5.85. The molecule has 3 N–H and O–H groups in total. The third kappa shape index (κ3) is 8.81. The van der Waals surface area contributed by atoms with Crippen LogP contribution in [0.4, 0.5) is 21.0 Å². The molecule has 10 heteroatoms. The number of nitrogens with two attached hydrogens (primary N) is 1. The van der Waals surface area contributed by atoms with Gasteiger partial charge >= 0.3 is 12.1 Å². The number of carbonyl (C=O) groups excluding carboxylic acids is 3. The summed E-state index contributed by atoms with van der Waals surface area (Å²) in [6.45, 7) is 12.5. The molecule has 1 atom stereocenters. The maximum absolute atomic E-state index is 12.9. The van der Waals surface area contributed by atoms with Gasteiger partial charge in [0.15, 0.2) is 0 Å². The van der Waals surface area contributed by atoms with E-state index in [1.54, 1.807) is 4.90 Å². The van der Waals surface area contributed by atoms with E-state index < -0.39 is 0 Å². The SMILES string of the molecule is COC(=O)N1CCC(N2CCc3ccccc3NC2=O)CC1.Cc1cc(C[C@@H](C)C(=O)N2CCC(N3CCCCC3)CC2)cc(C)c1N. The molecule has 6 rings (SSSR count). The Balaban J connectivity index is 0.000000190. The van der Waals surface area contributed by atoms with Gasteiger partial charge < -0.3 is 35.4 Å². The first kappa shape index (κ1) is 35.5. The Morgan fingerprint density at radius 3 is 2.12 bits per heavy atom. The predicted molar refractivity (Wildman–Crippen MR) is 191 cm³/mol. The van der Waals surface area contributed by atoms with Crippen molar-refractivity contribution in [2.75, 3.05) is 64.0 Å². The van der Waals surface area contributed by atoms with Gasteiger partial charge in [0, 0.05) is 62.1 Å². The zero-order valence-electron chi connectivity index (χ0n) is 29.5. The first-order valence-corrected chi connectivity index (χ1v) is 18.0. The van der Waals surface area contributed by atoms with Crippen LogP contribution in [-0.4, -0.2) is 103 Å². The molecule has 262 valence electrons. The molecule has 0 unspecified atom stereocenters. The Morgan fingerprint density at radius 2 is 1.48 bits per heavy atom. The Morgan fingerprint density at radius 1 is 0.875 bits per heavy atom. The summed E-state index contributed by atoms with van der Waals surface area (Å²) in [6, 6.07) is 13.0. The number of amides is 4. The number of benzene rings is 2. The van der Waals surface area contributed by atoms with E-state index in [-0.39, 0.29) is 24.1 Å². The number of ether oxygens (including phenoxy) is 1. The molecule has 0 aliphatic carbocycles. The summed E-state index contributed by atoms with van der Waals surface area (Å²) in [5.74, 6) is 0.346. The van der Waals surface area contributed by atoms with Crippen molar-refractivity contribution in [3.05, 3.63) is 58.7 Å². The number of piperidine rings is 3. The lowest BCUT2D eigenvalue weighted by Gasteiger charge is -2.40. The highest BCUT2D eigenvalue weighted by Gasteiger charge is 2.32. The highest BCUT2D eigenvalue weighted by Crippen LogP contribution is 2.26. The number of nitrogens with one attached hydrogen (secondary N) is 1. The smallest absolute Gasteiger partial charge is 0.409 e. The van der Waals surface area contributed by atoms with E-state index in [1.807, 2.05) is 36.9 Å². The second kappa shape index (κ2) is 16.5. The molecular weight excluding hydrogens is 604 g/mol. The molecule has 3 saturated heterocycles. The van der Waals surface area contributed by atoms with Crippen LogP contribution < -0.4 is 11.1 Å². The molecule has 4 aliphatic rings. The van der Waals surface area contributed by atoms with Crippen LogP contribution in [0.5, 0.6) is 0 Å². The number of fused-ring (bicyclic) bond motifs is 1. The number of methoxy groups -OCH3 is 1. The summed E-state index contributed by atoms with van der Waals surface area (Å²) in [5.41, 5.74) is 12.4. The van der Waals surface area contributed by atoms with E-state index in [9.17, 15) is 14.4 Å². The van der Waals surface area contributed by atoms with E-state index in [0.717, 1.165) is 74.1 Å². The quantitative estimate of drug-likeness (QED) is 0.390. The summed E-state index contributed by atoms with van der Waals surface area (Å²) in [6.07, 6.45) is 9.29. The molecule has 4 heterocycles. The van der Waals surface area contributed by atoms with Crippen molar-refractivity contribution in [1.82, 2.24) is 19.6 Å². The monoisotopic (exact) mass is 660 g/mol. The summed E-state index contributed by atoms with van der Waals surface area (Å²) < 4.78 is 4.75. The number of anilines is 2. The van der Waals surface area contributed by atoms with E-state index in [2.05, 4.69) is 40.2 Å². The Bertz CT molecular complexity index is 1390. The first-order valence-electron chi connectivity index (χ1n) is 18.0. The van der Waals surface area contributed by atoms with Crippen molar-refractivity contribution in [3.63, 3.8) is 0 Å². The number of likely N-dealkylation sites (tertiary alicyclic amines) is 3. The van der Waals surface area contributed by atoms with Crippen molar-refractivity contribution >= 4 is 29.4 Å². The molecule has 4 aliphatic heterocycles. The van der Waals surface area contributed by atoms with Crippen LogP contribution in [0.2, 0.25) is 0 Å². The molecule has 3 fully saturated rings. The number of urea groups is 1. The van der Waals surface area contributed by atoms with Gasteiger partial charge in [-0.05, 0) is 107 Å². The lowest BCUT2D eigenvalue weighted by atomic mass is 9.94. The number of carbonyl (C=O) groups is 3. The zero-order valence-corrected chi connectivity index (χ0v) is 29.5. The first-order chi connectivity index (χ1) is 23.1. The number of hydrogen-bond donors (Lipinski definition) is 2. The van der Waals surface area contributed by atoms with Crippen LogP contribution in [0.15, 0.2) is 36.4 Å². The molecule has 2 aromatic carbocycles. The Hall–Kier alpha value is -3.79. The summed E-state index contributed by atoms with van der Waals surface area (Å²) >= 11 is 0. The van der Waals surface area contributed by atoms with Gasteiger partial charge in [0.1, 0.15) is 0 Å². The minimum Gasteiger partial charge on any atom is -0.453 e. The molecule has 0 bridgehead atoms. The fourth-order valence-corrected chi connectivity index (χ4v) is 7.90. The van der Waals surface area contributed by atoms with Crippen molar-refractivity contribution in [1.29, 1.82) is 0 Å². The van der Waals surface area contributed by atoms with Gasteiger partial charge in [-0.25, -0.2) is 9.59 Å². The van der Waals surface area contributed by atoms with Gasteiger partial charge in [-0.1, -0.05) is 43.7 Å². The van der Waals surface area contributed by atoms with Crippen molar-refractivity contribution in [2.24, 2.45) is 5.92 Å². The molecule has 0 aromatic heterocycles. The number of para-hydroxylation sites is 1. The highest BCUT2D eigenvalue weighted by molar-refractivity contribution is 5.91. The number of aryl methyl sites for hydroxylation is 2. The zero-order chi connectivity index (χ0) is 34.2. The molecule has 0 spiro atoms. The lowest BCUT2D eigenvalue weighted by Crippen LogP contribution is -2.50. The van der Waals surface area contributed by atoms with Crippen LogP contribution in [0.1, 0.15) is 74.1 Å². The van der Waals surface area contributed by atoms with Crippen LogP contribution in [0.25, 0.3) is 0 Å². The second-order valence-corrected chi connectivity index (χ2v) is 14.1. The van der Waals surface area contributed by atoms with Gasteiger partial charge in [0.25, 0.3) is 0 Å². The standard InChI is InChI=1S/C22H35N3O.C16H21N3O3/c1-16-13-19(14-17(2)21(16)23)15-18(3)22(26)25-11-7-20(8-12-25)24-9-5-4-6-10-24;1-22-16(21)18-9-7-13(8-10-18)19-11-6-12-4-2-3-5-14(12)17-15(19)20/h13-14,18,20H,4-12,15,23H2,1-3H3;2-5,13H,6-11H2,1H3,(H,17,20)/t18-;/m1./s1. The number of nitrogen functional groups attached to an aromatic ring is 1. The minimum atomic E-state index is -0.286. The second-order valence-electron chi connectivity index (χ2n) is 14.1. The van der Waals surface area contributed by atoms with Gasteiger partial charge in [0.05, 0.1) is 7.11 Å². The van der Waals surface area contributed by atoms with Crippen molar-refractivity contribution < 1.29 is 19.1 Å². The lowest BCUT2D eigenvalue weighted by molar-refractivity contribution is -0.136. The van der Waals surface area contributed by atoms with Crippen LogP contribution in [0, 0.1) is 19.8 Å². The van der Waals surface area contributed by atoms with Gasteiger partial charge in [-0.15, -0.1) is 0 Å². The Labute approximate surface area is 286 Å². The number of hydrogen-bond acceptors (Lipinski definition) is 6. The highest BCUT2D eigenvalue weighted by atomic mass is 16.5. The van der Waals surface area contributed by atoms with Crippen LogP contribution >= 0.6 is 0 Å². The summed E-state index contributed by atoms with van der Waals surface area (Å²) in [5, 5.41) is 3.00. The van der Waals surface area contributed by atoms with E-state index in [0.29, 0.717) is 31.6 Å². The maximum atomic E-state index is 12.9. The molecule has 2 aromatic rings. The fourth-order valence-electron chi connectivity index (χ4n) is 7.90. The van der Waals surface area contributed by atoms with E-state index in [4.69, 9.17) is 10.5 Å². The average molecular weight is 661 g/mol. The van der Waals surface area contributed by atoms with Crippen molar-refractivity contribution in [2.45, 2.75) is 90.6 Å². The molecule has 48 heavy (non-hydrogen) atoms. The summed E-state index contributed by atoms with van der Waals surface area (Å²) in [7, 11) is 1.40. The Kier molecular flexibility index (Phi) is 12.2. The van der Waals surface area contributed by atoms with Gasteiger partial charge in [-0.2, -0.15) is 0 Å². The largest absolute Gasteiger partial charge is 0.453 e. The van der Waals surface area contributed by atoms with Crippen molar-refractivity contribution in [3.8, 4) is 0 Å². The van der Waals surface area contributed by atoms with Gasteiger partial charge in [-0.3, -0.25) is 4.79 Å².